The fourth-order valence-corrected chi connectivity index (χ4v) is 4.80. The van der Waals surface area contributed by atoms with E-state index < -0.39 is 124 Å². The van der Waals surface area contributed by atoms with Gasteiger partial charge in [0, 0.05) is 47.0 Å². The van der Waals surface area contributed by atoms with Crippen molar-refractivity contribution < 1.29 is 97.2 Å². The Kier molecular flexibility index (Phi) is 24.6. The molecule has 23 heteroatoms. The van der Waals surface area contributed by atoms with E-state index in [-0.39, 0.29) is 39.4 Å². The van der Waals surface area contributed by atoms with Gasteiger partial charge in [0.05, 0.1) is 45.8 Å². The number of hydrogen-bond acceptors (Lipinski definition) is 18. The first kappa shape index (κ1) is 50.6. The van der Waals surface area contributed by atoms with Crippen LogP contribution in [0.2, 0.25) is 0 Å². The second kappa shape index (κ2) is 27.2. The molecule has 56 heavy (non-hydrogen) atoms. The van der Waals surface area contributed by atoms with Gasteiger partial charge in [-0.3, -0.25) is 62.6 Å². The zero-order valence-corrected chi connectivity index (χ0v) is 31.5. The van der Waals surface area contributed by atoms with Crippen LogP contribution in [0.5, 0.6) is 0 Å². The molecule has 0 saturated carbocycles. The van der Waals surface area contributed by atoms with Gasteiger partial charge in [0.15, 0.2) is 5.41 Å². The fraction of sp³-hybridized carbons (Fsp3) is 0.697. The average molecular weight is 810 g/mol. The third-order valence-corrected chi connectivity index (χ3v) is 7.56. The van der Waals surface area contributed by atoms with Crippen molar-refractivity contribution >= 4 is 59.7 Å². The number of carbonyl (C=O) groups is 10. The van der Waals surface area contributed by atoms with Gasteiger partial charge in [-0.2, -0.15) is 0 Å². The summed E-state index contributed by atoms with van der Waals surface area (Å²) in [4.78, 5) is 120. The molecular weight excluding hydrogens is 758 g/mol. The van der Waals surface area contributed by atoms with Gasteiger partial charge in [-0.1, -0.05) is 0 Å². The topological polar surface area (TPSA) is 328 Å². The lowest BCUT2D eigenvalue weighted by molar-refractivity contribution is -0.178. The summed E-state index contributed by atoms with van der Waals surface area (Å²) < 4.78 is 25.3. The van der Waals surface area contributed by atoms with E-state index in [0.29, 0.717) is 25.7 Å². The van der Waals surface area contributed by atoms with E-state index in [1.165, 1.54) is 4.90 Å². The molecule has 0 amide bonds. The molecule has 0 bridgehead atoms. The van der Waals surface area contributed by atoms with E-state index in [0.717, 1.165) is 30.6 Å². The maximum atomic E-state index is 13.0. The highest BCUT2D eigenvalue weighted by atomic mass is 16.6. The Morgan fingerprint density at radius 3 is 1.30 bits per heavy atom. The van der Waals surface area contributed by atoms with Crippen LogP contribution in [0, 0.1) is 5.41 Å². The molecule has 0 spiro atoms. The van der Waals surface area contributed by atoms with Crippen LogP contribution >= 0.6 is 0 Å². The molecule has 0 fully saturated rings. The number of nitrogens with zero attached hydrogens (tertiary/aromatic N) is 3. The number of rotatable bonds is 32. The summed E-state index contributed by atoms with van der Waals surface area (Å²) in [6, 6.07) is -1.69. The van der Waals surface area contributed by atoms with Crippen molar-refractivity contribution in [2.75, 3.05) is 85.4 Å². The van der Waals surface area contributed by atoms with E-state index in [1.54, 1.807) is 0 Å². The van der Waals surface area contributed by atoms with Gasteiger partial charge in [-0.25, -0.2) is 0 Å². The van der Waals surface area contributed by atoms with Crippen LogP contribution in [0.4, 0.5) is 0 Å². The number of esters is 5. The van der Waals surface area contributed by atoms with Crippen LogP contribution in [0.25, 0.3) is 0 Å². The quantitative estimate of drug-likeness (QED) is 0.0290. The van der Waals surface area contributed by atoms with E-state index in [4.69, 9.17) is 33.9 Å². The Hall–Kier alpha value is -5.42. The first-order valence-electron chi connectivity index (χ1n) is 17.2. The van der Waals surface area contributed by atoms with Gasteiger partial charge in [-0.15, -0.1) is 0 Å². The van der Waals surface area contributed by atoms with Crippen molar-refractivity contribution in [1.82, 2.24) is 14.7 Å². The number of aliphatic carboxylic acids is 5. The van der Waals surface area contributed by atoms with Crippen molar-refractivity contribution in [3.63, 3.8) is 0 Å². The van der Waals surface area contributed by atoms with E-state index in [1.807, 2.05) is 0 Å². The largest absolute Gasteiger partial charge is 0.480 e. The minimum Gasteiger partial charge on any atom is -0.480 e. The molecule has 0 aliphatic rings. The molecule has 0 aromatic rings. The molecule has 0 rings (SSSR count). The molecule has 0 aromatic heterocycles. The molecule has 0 aliphatic carbocycles. The van der Waals surface area contributed by atoms with Crippen LogP contribution in [0.15, 0.2) is 0 Å². The summed E-state index contributed by atoms with van der Waals surface area (Å²) in [6.07, 6.45) is 0.755. The van der Waals surface area contributed by atoms with Crippen LogP contribution < -0.4 is 0 Å². The number of hydrogen-bond donors (Lipinski definition) is 5. The van der Waals surface area contributed by atoms with Crippen molar-refractivity contribution in [3.05, 3.63) is 0 Å². The summed E-state index contributed by atoms with van der Waals surface area (Å²) in [6.45, 7) is -2.56. The molecule has 0 aliphatic heterocycles. The summed E-state index contributed by atoms with van der Waals surface area (Å²) in [5.41, 5.74) is -1.82. The number of carbonyl (C=O) groups excluding carboxylic acids is 5. The highest BCUT2D eigenvalue weighted by Crippen LogP contribution is 2.23. The van der Waals surface area contributed by atoms with Crippen molar-refractivity contribution in [2.45, 2.75) is 58.9 Å². The summed E-state index contributed by atoms with van der Waals surface area (Å²) >= 11 is 0. The van der Waals surface area contributed by atoms with Gasteiger partial charge in [0.2, 0.25) is 0 Å². The van der Waals surface area contributed by atoms with E-state index in [9.17, 15) is 63.3 Å². The summed E-state index contributed by atoms with van der Waals surface area (Å²) in [5, 5.41) is 46.6. The Balaban J connectivity index is 5.19. The van der Waals surface area contributed by atoms with Crippen LogP contribution in [0.3, 0.4) is 0 Å². The second-order valence-electron chi connectivity index (χ2n) is 12.5. The van der Waals surface area contributed by atoms with Crippen LogP contribution in [-0.4, -0.2) is 191 Å². The van der Waals surface area contributed by atoms with Crippen molar-refractivity contribution in [3.8, 4) is 0 Å². The predicted molar refractivity (Wildman–Crippen MR) is 184 cm³/mol. The molecule has 1 unspecified atom stereocenters. The maximum Gasteiger partial charge on any atom is 0.322 e. The van der Waals surface area contributed by atoms with Gasteiger partial charge in [0.25, 0.3) is 0 Å². The zero-order valence-electron chi connectivity index (χ0n) is 31.5. The molecule has 23 nitrogen and oxygen atoms in total. The van der Waals surface area contributed by atoms with Gasteiger partial charge >= 0.3 is 59.7 Å². The van der Waals surface area contributed by atoms with Gasteiger partial charge in [0.1, 0.15) is 25.9 Å². The van der Waals surface area contributed by atoms with Gasteiger partial charge < -0.3 is 49.2 Å². The van der Waals surface area contributed by atoms with Crippen molar-refractivity contribution in [1.29, 1.82) is 0 Å². The lowest BCUT2D eigenvalue weighted by atomic mass is 9.91. The SMILES string of the molecule is CC(=O)OCC(COC(C)=O)(COC(C)=O)C(=O)OCCCCCCOC(=O)CC(C(=O)O)N(CCN(CCN(CC(=O)O)CC(=O)O)CC(=O)O)CC(=O)O. The second-order valence-corrected chi connectivity index (χ2v) is 12.5. The monoisotopic (exact) mass is 809 g/mol. The minimum absolute atomic E-state index is 0.132. The average Bonchev–Trinajstić information content (AvgIpc) is 3.07. The zero-order chi connectivity index (χ0) is 42.8. The normalized spacial score (nSPS) is 11.8. The minimum atomic E-state index is -1.82. The molecule has 0 heterocycles. The Morgan fingerprint density at radius 1 is 0.500 bits per heavy atom. The predicted octanol–water partition coefficient (Wildman–Crippen LogP) is -1.60. The highest BCUT2D eigenvalue weighted by Gasteiger charge is 2.44. The molecule has 318 valence electrons. The smallest absolute Gasteiger partial charge is 0.322 e. The molecule has 0 radical (unpaired) electrons. The van der Waals surface area contributed by atoms with E-state index in [2.05, 4.69) is 0 Å². The number of unbranched alkanes of at least 4 members (excludes halogenated alkanes) is 3. The molecule has 0 saturated heterocycles. The molecular formula is C33H51N3O20. The fourth-order valence-electron chi connectivity index (χ4n) is 4.80. The molecule has 0 aromatic carbocycles. The third-order valence-electron chi connectivity index (χ3n) is 7.56. The van der Waals surface area contributed by atoms with Crippen LogP contribution in [0.1, 0.15) is 52.9 Å². The van der Waals surface area contributed by atoms with Crippen molar-refractivity contribution in [2.24, 2.45) is 5.41 Å². The third kappa shape index (κ3) is 24.1. The Bertz CT molecular complexity index is 1310. The lowest BCUT2D eigenvalue weighted by Gasteiger charge is -2.30. The Labute approximate surface area is 321 Å². The number of ether oxygens (including phenoxy) is 5. The lowest BCUT2D eigenvalue weighted by Crippen LogP contribution is -2.49. The highest BCUT2D eigenvalue weighted by molar-refractivity contribution is 5.82. The standard InChI is InChI=1S/C33H51N3O20/c1-22(37)54-19-33(20-55-23(2)38,21-56-24(3)39)32(51)53-13-7-5-4-6-12-52-30(48)14-25(31(49)50)36(18-29(46)47)11-10-34(15-26(40)41)8-9-35(16-27(42)43)17-28(44)45/h25H,4-21H2,1-3H3,(H,40,41)(H,42,43)(H,44,45)(H,46,47)(H,49,50). The molecule has 1 atom stereocenters. The van der Waals surface area contributed by atoms with E-state index >= 15 is 0 Å². The maximum absolute atomic E-state index is 13.0. The first-order chi connectivity index (χ1) is 26.2. The number of carboxylic acid groups (broad SMARTS) is 5. The summed E-state index contributed by atoms with van der Waals surface area (Å²) in [5.74, 6) is -11.1. The number of carboxylic acids is 5. The Morgan fingerprint density at radius 2 is 0.893 bits per heavy atom. The van der Waals surface area contributed by atoms with Crippen LogP contribution in [-0.2, 0) is 71.6 Å². The van der Waals surface area contributed by atoms with Gasteiger partial charge in [-0.05, 0) is 25.7 Å². The molecule has 5 N–H and O–H groups in total. The first-order valence-corrected chi connectivity index (χ1v) is 17.2. The summed E-state index contributed by atoms with van der Waals surface area (Å²) in [7, 11) is 0.